The van der Waals surface area contributed by atoms with Crippen LogP contribution in [-0.4, -0.2) is 24.2 Å². The van der Waals surface area contributed by atoms with E-state index in [1.165, 1.54) is 19.3 Å². The minimum Gasteiger partial charge on any atom is -0.380 e. The van der Waals surface area contributed by atoms with Gasteiger partial charge in [0.05, 0.1) is 11.8 Å². The summed E-state index contributed by atoms with van der Waals surface area (Å²) in [6.45, 7) is 1.36. The van der Waals surface area contributed by atoms with Crippen LogP contribution in [0.1, 0.15) is 30.0 Å². The van der Waals surface area contributed by atoms with Crippen molar-refractivity contribution in [3.8, 4) is 0 Å². The number of hydrogen-bond acceptors (Lipinski definition) is 5. The van der Waals surface area contributed by atoms with E-state index in [-0.39, 0.29) is 0 Å². The van der Waals surface area contributed by atoms with Gasteiger partial charge < -0.3 is 15.8 Å². The van der Waals surface area contributed by atoms with E-state index in [0.29, 0.717) is 18.7 Å². The van der Waals surface area contributed by atoms with Crippen LogP contribution in [0.2, 0.25) is 0 Å². The Morgan fingerprint density at radius 2 is 2.50 bits per heavy atom. The first kappa shape index (κ1) is 12.0. The van der Waals surface area contributed by atoms with Crippen molar-refractivity contribution in [2.45, 2.75) is 44.5 Å². The highest BCUT2D eigenvalue weighted by molar-refractivity contribution is 7.09. The number of nitrogens with zero attached hydrogens (tertiary/aromatic N) is 1. The summed E-state index contributed by atoms with van der Waals surface area (Å²) in [7, 11) is 1.79. The maximum atomic E-state index is 5.53. The van der Waals surface area contributed by atoms with Gasteiger partial charge in [-0.15, -0.1) is 11.3 Å². The van der Waals surface area contributed by atoms with E-state index < -0.39 is 0 Å². The minimum atomic E-state index is 0.368. The second-order valence-electron chi connectivity index (χ2n) is 4.13. The van der Waals surface area contributed by atoms with E-state index >= 15 is 0 Å². The van der Waals surface area contributed by atoms with E-state index in [1.807, 2.05) is 0 Å². The normalized spacial score (nSPS) is 25.1. The van der Waals surface area contributed by atoms with E-state index in [4.69, 9.17) is 10.5 Å². The second-order valence-corrected chi connectivity index (χ2v) is 5.07. The molecule has 2 rings (SSSR count). The number of methoxy groups -OCH3 is 1. The number of ether oxygens (including phenoxy) is 1. The molecule has 1 aliphatic carbocycles. The van der Waals surface area contributed by atoms with Gasteiger partial charge in [0.1, 0.15) is 5.01 Å². The third-order valence-corrected chi connectivity index (χ3v) is 3.99. The van der Waals surface area contributed by atoms with Crippen LogP contribution in [0.3, 0.4) is 0 Å². The van der Waals surface area contributed by atoms with Crippen LogP contribution >= 0.6 is 11.3 Å². The highest BCUT2D eigenvalue weighted by Gasteiger charge is 2.26. The van der Waals surface area contributed by atoms with Crippen LogP contribution in [0, 0.1) is 0 Å². The van der Waals surface area contributed by atoms with Gasteiger partial charge in [0, 0.05) is 31.6 Å². The molecule has 5 heteroatoms. The Bertz CT molecular complexity index is 329. The summed E-state index contributed by atoms with van der Waals surface area (Å²) < 4.78 is 5.44. The van der Waals surface area contributed by atoms with Gasteiger partial charge in [-0.1, -0.05) is 0 Å². The lowest BCUT2D eigenvalue weighted by Gasteiger charge is -2.18. The van der Waals surface area contributed by atoms with Crippen molar-refractivity contribution in [3.05, 3.63) is 16.1 Å². The summed E-state index contributed by atoms with van der Waals surface area (Å²) in [6, 6.07) is 0.480. The topological polar surface area (TPSA) is 60.2 Å². The molecule has 0 amide bonds. The van der Waals surface area contributed by atoms with Gasteiger partial charge in [-0.25, -0.2) is 4.98 Å². The summed E-state index contributed by atoms with van der Waals surface area (Å²) in [6.07, 6.45) is 3.99. The lowest BCUT2D eigenvalue weighted by atomic mass is 10.2. The average molecular weight is 241 g/mol. The lowest BCUT2D eigenvalue weighted by molar-refractivity contribution is 0.0846. The van der Waals surface area contributed by atoms with Crippen molar-refractivity contribution in [3.63, 3.8) is 0 Å². The van der Waals surface area contributed by atoms with E-state index in [2.05, 4.69) is 15.7 Å². The monoisotopic (exact) mass is 241 g/mol. The first-order valence-corrected chi connectivity index (χ1v) is 6.61. The third kappa shape index (κ3) is 2.79. The Morgan fingerprint density at radius 3 is 3.19 bits per heavy atom. The Morgan fingerprint density at radius 1 is 1.62 bits per heavy atom. The highest BCUT2D eigenvalue weighted by Crippen LogP contribution is 2.21. The Balaban J connectivity index is 1.82. The summed E-state index contributed by atoms with van der Waals surface area (Å²) in [5.74, 6) is 0. The smallest absolute Gasteiger partial charge is 0.106 e. The average Bonchev–Trinajstić information content (AvgIpc) is 2.94. The fraction of sp³-hybridized carbons (Fsp3) is 0.727. The van der Waals surface area contributed by atoms with Crippen molar-refractivity contribution in [2.24, 2.45) is 5.73 Å². The van der Waals surface area contributed by atoms with Gasteiger partial charge in [0.15, 0.2) is 0 Å². The first-order chi connectivity index (χ1) is 7.83. The van der Waals surface area contributed by atoms with Crippen LogP contribution < -0.4 is 11.1 Å². The summed E-state index contributed by atoms with van der Waals surface area (Å²) in [4.78, 5) is 4.43. The zero-order valence-electron chi connectivity index (χ0n) is 9.61. The van der Waals surface area contributed by atoms with Gasteiger partial charge in [-0.3, -0.25) is 0 Å². The lowest BCUT2D eigenvalue weighted by Crippen LogP contribution is -2.36. The predicted octanol–water partition coefficient (Wildman–Crippen LogP) is 1.26. The molecule has 0 aliphatic heterocycles. The summed E-state index contributed by atoms with van der Waals surface area (Å²) in [5.41, 5.74) is 6.62. The molecular formula is C11H19N3OS. The Hall–Kier alpha value is -0.490. The van der Waals surface area contributed by atoms with Crippen molar-refractivity contribution >= 4 is 11.3 Å². The SMILES string of the molecule is COC1CCCC1NCc1csc(CN)n1. The maximum Gasteiger partial charge on any atom is 0.106 e. The standard InChI is InChI=1S/C11H19N3OS/c1-15-10-4-2-3-9(10)13-6-8-7-16-11(5-12)14-8/h7,9-10,13H,2-6,12H2,1H3. The zero-order valence-corrected chi connectivity index (χ0v) is 10.4. The van der Waals surface area contributed by atoms with Crippen LogP contribution in [0.15, 0.2) is 5.38 Å². The molecule has 1 saturated carbocycles. The summed E-state index contributed by atoms with van der Waals surface area (Å²) in [5, 5.41) is 6.60. The Kier molecular flexibility index (Phi) is 4.29. The Labute approximate surface area is 100 Å². The number of rotatable bonds is 5. The van der Waals surface area contributed by atoms with Crippen LogP contribution in [-0.2, 0) is 17.8 Å². The van der Waals surface area contributed by atoms with E-state index in [1.54, 1.807) is 18.4 Å². The maximum absolute atomic E-state index is 5.53. The third-order valence-electron chi connectivity index (χ3n) is 3.07. The molecule has 1 aromatic rings. The van der Waals surface area contributed by atoms with Gasteiger partial charge in [0.25, 0.3) is 0 Å². The molecule has 1 aliphatic rings. The number of nitrogens with one attached hydrogen (secondary N) is 1. The van der Waals surface area contributed by atoms with Crippen molar-refractivity contribution in [1.29, 1.82) is 0 Å². The van der Waals surface area contributed by atoms with E-state index in [9.17, 15) is 0 Å². The molecule has 0 aromatic carbocycles. The van der Waals surface area contributed by atoms with Gasteiger partial charge in [-0.05, 0) is 19.3 Å². The fourth-order valence-corrected chi connectivity index (χ4v) is 2.88. The molecule has 4 nitrogen and oxygen atoms in total. The molecule has 16 heavy (non-hydrogen) atoms. The second kappa shape index (κ2) is 5.72. The molecule has 0 bridgehead atoms. The quantitative estimate of drug-likeness (QED) is 0.815. The zero-order chi connectivity index (χ0) is 11.4. The fourth-order valence-electron chi connectivity index (χ4n) is 2.20. The molecule has 1 fully saturated rings. The van der Waals surface area contributed by atoms with Crippen LogP contribution in [0.4, 0.5) is 0 Å². The molecule has 0 radical (unpaired) electrons. The number of thiazole rings is 1. The molecule has 3 N–H and O–H groups in total. The molecular weight excluding hydrogens is 222 g/mol. The molecule has 1 heterocycles. The number of aromatic nitrogens is 1. The van der Waals surface area contributed by atoms with Gasteiger partial charge in [-0.2, -0.15) is 0 Å². The van der Waals surface area contributed by atoms with E-state index in [0.717, 1.165) is 17.2 Å². The van der Waals surface area contributed by atoms with Crippen molar-refractivity contribution in [2.75, 3.05) is 7.11 Å². The van der Waals surface area contributed by atoms with Gasteiger partial charge in [0.2, 0.25) is 0 Å². The highest BCUT2D eigenvalue weighted by atomic mass is 32.1. The largest absolute Gasteiger partial charge is 0.380 e. The molecule has 2 atom stereocenters. The molecule has 1 aromatic heterocycles. The van der Waals surface area contributed by atoms with Gasteiger partial charge >= 0.3 is 0 Å². The molecule has 0 saturated heterocycles. The number of hydrogen-bond donors (Lipinski definition) is 2. The van der Waals surface area contributed by atoms with Crippen molar-refractivity contribution in [1.82, 2.24) is 10.3 Å². The molecule has 2 unspecified atom stereocenters. The first-order valence-electron chi connectivity index (χ1n) is 5.73. The molecule has 90 valence electrons. The minimum absolute atomic E-state index is 0.368. The van der Waals surface area contributed by atoms with Crippen LogP contribution in [0.25, 0.3) is 0 Å². The van der Waals surface area contributed by atoms with Crippen LogP contribution in [0.5, 0.6) is 0 Å². The predicted molar refractivity (Wildman–Crippen MR) is 65.3 cm³/mol. The summed E-state index contributed by atoms with van der Waals surface area (Å²) >= 11 is 1.63. The molecule has 0 spiro atoms. The number of nitrogens with two attached hydrogens (primary N) is 1. The van der Waals surface area contributed by atoms with Crippen molar-refractivity contribution < 1.29 is 4.74 Å².